The average Bonchev–Trinajstić information content (AvgIpc) is 2.64. The van der Waals surface area contributed by atoms with Gasteiger partial charge in [0.15, 0.2) is 5.54 Å². The zero-order valence-corrected chi connectivity index (χ0v) is 8.93. The highest BCUT2D eigenvalue weighted by Crippen LogP contribution is 2.36. The maximum Gasteiger partial charge on any atom is 0.337 e. The monoisotopic (exact) mass is 224 g/mol. The first-order chi connectivity index (χ1) is 7.71. The van der Waals surface area contributed by atoms with Crippen LogP contribution >= 0.6 is 0 Å². The first-order valence-corrected chi connectivity index (χ1v) is 5.04. The highest BCUT2D eigenvalue weighted by atomic mass is 16.5. The molecule has 2 unspecified atom stereocenters. The lowest BCUT2D eigenvalue weighted by Crippen LogP contribution is -2.44. The molecule has 1 rings (SSSR count). The smallest absolute Gasteiger partial charge is 0.337 e. The largest absolute Gasteiger partial charge is 0.464 e. The molecule has 0 spiro atoms. The van der Waals surface area contributed by atoms with E-state index in [4.69, 9.17) is 4.74 Å². The van der Waals surface area contributed by atoms with E-state index in [2.05, 4.69) is 9.98 Å². The third kappa shape index (κ3) is 2.08. The predicted octanol–water partition coefficient (Wildman–Crippen LogP) is 0.512. The fourth-order valence-electron chi connectivity index (χ4n) is 1.96. The zero-order chi connectivity index (χ0) is 12.0. The first kappa shape index (κ1) is 12.3. The minimum atomic E-state index is -1.37. The molecule has 1 aliphatic rings. The number of carbonyl (C=O) groups is 1. The Morgan fingerprint density at radius 1 is 1.50 bits per heavy atom. The molecule has 0 aromatic rings. The number of nitrogens with zero attached hydrogens (tertiary/aromatic N) is 2. The quantitative estimate of drug-likeness (QED) is 0.395. The van der Waals surface area contributed by atoms with Gasteiger partial charge in [0.2, 0.25) is 12.2 Å². The van der Waals surface area contributed by atoms with E-state index in [0.717, 1.165) is 0 Å². The Bertz CT molecular complexity index is 369. The first-order valence-electron chi connectivity index (χ1n) is 5.04. The van der Waals surface area contributed by atoms with Crippen molar-refractivity contribution in [1.82, 2.24) is 0 Å². The second-order valence-corrected chi connectivity index (χ2v) is 3.48. The van der Waals surface area contributed by atoms with Crippen LogP contribution in [-0.4, -0.2) is 36.3 Å². The van der Waals surface area contributed by atoms with Gasteiger partial charge in [-0.25, -0.2) is 14.4 Å². The van der Waals surface area contributed by atoms with Gasteiger partial charge in [-0.2, -0.15) is 9.98 Å². The van der Waals surface area contributed by atoms with Crippen LogP contribution in [0.15, 0.2) is 9.98 Å². The number of rotatable bonds is 4. The lowest BCUT2D eigenvalue weighted by Gasteiger charge is -2.23. The Labute approximate surface area is 92.4 Å². The summed E-state index contributed by atoms with van der Waals surface area (Å²) in [7, 11) is 0. The van der Waals surface area contributed by atoms with Crippen molar-refractivity contribution in [3.8, 4) is 0 Å². The number of ether oxygens (including phenoxy) is 1. The summed E-state index contributed by atoms with van der Waals surface area (Å²) in [5.41, 5.74) is -1.37. The normalized spacial score (nSPS) is 27.7. The van der Waals surface area contributed by atoms with Crippen LogP contribution < -0.4 is 0 Å². The average molecular weight is 224 g/mol. The molecule has 0 bridgehead atoms. The molecule has 0 aromatic heterocycles. The summed E-state index contributed by atoms with van der Waals surface area (Å²) in [4.78, 5) is 39.4. The Hall–Kier alpha value is -1.77. The van der Waals surface area contributed by atoms with Crippen LogP contribution in [0.3, 0.4) is 0 Å². The van der Waals surface area contributed by atoms with Crippen molar-refractivity contribution in [2.45, 2.75) is 37.8 Å². The van der Waals surface area contributed by atoms with Crippen LogP contribution in [0.2, 0.25) is 0 Å². The van der Waals surface area contributed by atoms with Crippen molar-refractivity contribution in [3.63, 3.8) is 0 Å². The van der Waals surface area contributed by atoms with Crippen molar-refractivity contribution >= 4 is 18.1 Å². The molecule has 0 aromatic carbocycles. The predicted molar refractivity (Wildman–Crippen MR) is 53.2 cm³/mol. The van der Waals surface area contributed by atoms with Gasteiger partial charge >= 0.3 is 5.97 Å². The molecule has 86 valence electrons. The van der Waals surface area contributed by atoms with E-state index in [1.54, 1.807) is 6.92 Å². The third-order valence-electron chi connectivity index (χ3n) is 2.67. The molecule has 0 radical (unpaired) electrons. The molecule has 1 saturated carbocycles. The fraction of sp³-hybridized carbons (Fsp3) is 0.700. The highest BCUT2D eigenvalue weighted by molar-refractivity contribution is 5.84. The van der Waals surface area contributed by atoms with E-state index in [-0.39, 0.29) is 6.61 Å². The number of hydrogen-bond donors (Lipinski definition) is 0. The molecule has 1 fully saturated rings. The maximum absolute atomic E-state index is 11.8. The van der Waals surface area contributed by atoms with Crippen LogP contribution in [0.25, 0.3) is 0 Å². The minimum absolute atomic E-state index is 0.187. The number of esters is 1. The minimum Gasteiger partial charge on any atom is -0.464 e. The highest BCUT2D eigenvalue weighted by Gasteiger charge is 2.51. The van der Waals surface area contributed by atoms with Crippen molar-refractivity contribution in [1.29, 1.82) is 0 Å². The van der Waals surface area contributed by atoms with Crippen LogP contribution in [0.4, 0.5) is 0 Å². The van der Waals surface area contributed by atoms with Gasteiger partial charge < -0.3 is 4.74 Å². The van der Waals surface area contributed by atoms with Gasteiger partial charge in [0.05, 0.1) is 12.6 Å². The number of isocyanates is 2. The van der Waals surface area contributed by atoms with Gasteiger partial charge in [-0.05, 0) is 26.2 Å². The molecule has 0 saturated heterocycles. The fourth-order valence-corrected chi connectivity index (χ4v) is 1.96. The summed E-state index contributed by atoms with van der Waals surface area (Å²) in [5.74, 6) is -0.625. The van der Waals surface area contributed by atoms with Crippen LogP contribution in [-0.2, 0) is 19.1 Å². The number of aliphatic imine (C=N–C) groups is 2. The Kier molecular flexibility index (Phi) is 4.11. The summed E-state index contributed by atoms with van der Waals surface area (Å²) in [6.45, 7) is 1.84. The van der Waals surface area contributed by atoms with Gasteiger partial charge in [-0.1, -0.05) is 0 Å². The lowest BCUT2D eigenvalue weighted by molar-refractivity contribution is -0.149. The second kappa shape index (κ2) is 5.35. The molecule has 0 aliphatic heterocycles. The van der Waals surface area contributed by atoms with Crippen molar-refractivity contribution in [2.24, 2.45) is 9.98 Å². The van der Waals surface area contributed by atoms with Gasteiger partial charge in [-0.3, -0.25) is 0 Å². The molecule has 6 heteroatoms. The van der Waals surface area contributed by atoms with Crippen LogP contribution in [0.1, 0.15) is 26.2 Å². The van der Waals surface area contributed by atoms with Gasteiger partial charge in [0, 0.05) is 0 Å². The summed E-state index contributed by atoms with van der Waals surface area (Å²) >= 11 is 0. The summed E-state index contributed by atoms with van der Waals surface area (Å²) in [5, 5.41) is 0. The molecule has 2 atom stereocenters. The Morgan fingerprint density at radius 3 is 2.81 bits per heavy atom. The summed E-state index contributed by atoms with van der Waals surface area (Å²) in [6, 6.07) is -0.662. The topological polar surface area (TPSA) is 85.2 Å². The SMILES string of the molecule is CCOC(=O)C1(N=C=O)CCCC1N=C=O. The van der Waals surface area contributed by atoms with Gasteiger partial charge in [-0.15, -0.1) is 0 Å². The van der Waals surface area contributed by atoms with E-state index >= 15 is 0 Å². The second-order valence-electron chi connectivity index (χ2n) is 3.48. The molecule has 0 N–H and O–H groups in total. The van der Waals surface area contributed by atoms with Crippen molar-refractivity contribution in [2.75, 3.05) is 6.61 Å². The van der Waals surface area contributed by atoms with Crippen LogP contribution in [0.5, 0.6) is 0 Å². The lowest BCUT2D eigenvalue weighted by atomic mass is 9.94. The van der Waals surface area contributed by atoms with Crippen molar-refractivity contribution < 1.29 is 19.1 Å². The maximum atomic E-state index is 11.8. The molecule has 6 nitrogen and oxygen atoms in total. The van der Waals surface area contributed by atoms with E-state index < -0.39 is 17.6 Å². The van der Waals surface area contributed by atoms with Crippen molar-refractivity contribution in [3.05, 3.63) is 0 Å². The van der Waals surface area contributed by atoms with Gasteiger partial charge in [0.1, 0.15) is 0 Å². The molecule has 16 heavy (non-hydrogen) atoms. The van der Waals surface area contributed by atoms with E-state index in [0.29, 0.717) is 19.3 Å². The Balaban J connectivity index is 3.08. The summed E-state index contributed by atoms with van der Waals surface area (Å²) < 4.78 is 4.86. The molecule has 1 aliphatic carbocycles. The van der Waals surface area contributed by atoms with E-state index in [1.807, 2.05) is 0 Å². The molecular formula is C10H12N2O4. The third-order valence-corrected chi connectivity index (χ3v) is 2.67. The Morgan fingerprint density at radius 2 is 2.25 bits per heavy atom. The number of carbonyl (C=O) groups excluding carboxylic acids is 3. The van der Waals surface area contributed by atoms with E-state index in [9.17, 15) is 14.4 Å². The molecular weight excluding hydrogens is 212 g/mol. The summed E-state index contributed by atoms with van der Waals surface area (Å²) in [6.07, 6.45) is 4.27. The van der Waals surface area contributed by atoms with E-state index in [1.165, 1.54) is 12.2 Å². The van der Waals surface area contributed by atoms with Crippen LogP contribution in [0, 0.1) is 0 Å². The zero-order valence-electron chi connectivity index (χ0n) is 8.93. The molecule has 0 heterocycles. The standard InChI is InChI=1S/C10H12N2O4/c1-2-16-9(15)10(12-7-14)5-3-4-8(10)11-6-13/h8H,2-5H2,1H3. The van der Waals surface area contributed by atoms with Gasteiger partial charge in [0.25, 0.3) is 0 Å². The molecule has 0 amide bonds. The number of hydrogen-bond acceptors (Lipinski definition) is 6.